The first-order valence-corrected chi connectivity index (χ1v) is 2.88. The Morgan fingerprint density at radius 2 is 1.25 bits per heavy atom. The van der Waals surface area contributed by atoms with Crippen LogP contribution in [0.15, 0.2) is 23.3 Å². The van der Waals surface area contributed by atoms with E-state index in [1.165, 1.54) is 0 Å². The number of aliphatic hydroxyl groups is 1. The highest BCUT2D eigenvalue weighted by molar-refractivity contribution is 5.19. The van der Waals surface area contributed by atoms with Crippen LogP contribution in [0.1, 0.15) is 0 Å². The SMILES string of the molecule is NC1=C(N)N(O)C(O)=C(N)N1O. The van der Waals surface area contributed by atoms with E-state index in [4.69, 9.17) is 32.7 Å². The van der Waals surface area contributed by atoms with Crippen molar-refractivity contribution in [1.29, 1.82) is 0 Å². The zero-order chi connectivity index (χ0) is 9.46. The van der Waals surface area contributed by atoms with E-state index in [1.807, 2.05) is 0 Å². The monoisotopic (exact) mass is 175 g/mol. The Labute approximate surface area is 67.3 Å². The molecule has 0 saturated carbocycles. The van der Waals surface area contributed by atoms with Crippen molar-refractivity contribution in [2.75, 3.05) is 0 Å². The molecule has 0 amide bonds. The van der Waals surface area contributed by atoms with Crippen molar-refractivity contribution in [3.05, 3.63) is 23.3 Å². The Morgan fingerprint density at radius 3 is 1.75 bits per heavy atom. The van der Waals surface area contributed by atoms with E-state index in [-0.39, 0.29) is 15.9 Å². The van der Waals surface area contributed by atoms with Gasteiger partial charge in [-0.25, -0.2) is 0 Å². The van der Waals surface area contributed by atoms with E-state index in [2.05, 4.69) is 0 Å². The summed E-state index contributed by atoms with van der Waals surface area (Å²) in [5, 5.41) is 27.3. The van der Waals surface area contributed by atoms with Crippen molar-refractivity contribution < 1.29 is 15.5 Å². The number of hydrogen-bond acceptors (Lipinski definition) is 8. The highest BCUT2D eigenvalue weighted by Gasteiger charge is 2.27. The van der Waals surface area contributed by atoms with Gasteiger partial charge in [0, 0.05) is 0 Å². The number of nitrogens with zero attached hydrogens (tertiary/aromatic N) is 2. The van der Waals surface area contributed by atoms with Crippen LogP contribution >= 0.6 is 0 Å². The lowest BCUT2D eigenvalue weighted by Crippen LogP contribution is -2.43. The van der Waals surface area contributed by atoms with Crippen LogP contribution in [-0.2, 0) is 0 Å². The highest BCUT2D eigenvalue weighted by atomic mass is 16.5. The molecule has 1 heterocycles. The molecular formula is C4H9N5O3. The topological polar surface area (TPSA) is 145 Å². The van der Waals surface area contributed by atoms with Crippen LogP contribution in [0.4, 0.5) is 0 Å². The maximum Gasteiger partial charge on any atom is 0.261 e. The smallest absolute Gasteiger partial charge is 0.261 e. The van der Waals surface area contributed by atoms with Crippen LogP contribution in [0.3, 0.4) is 0 Å². The average molecular weight is 175 g/mol. The van der Waals surface area contributed by atoms with E-state index in [1.54, 1.807) is 0 Å². The lowest BCUT2D eigenvalue weighted by atomic mass is 10.5. The molecule has 0 bridgehead atoms. The molecule has 0 spiro atoms. The molecule has 0 fully saturated rings. The number of aliphatic hydroxyl groups excluding tert-OH is 1. The fourth-order valence-electron chi connectivity index (χ4n) is 0.664. The van der Waals surface area contributed by atoms with Crippen molar-refractivity contribution >= 4 is 0 Å². The molecule has 1 aliphatic rings. The number of rotatable bonds is 0. The molecule has 0 aromatic heterocycles. The van der Waals surface area contributed by atoms with E-state index in [9.17, 15) is 0 Å². The molecule has 0 aliphatic carbocycles. The van der Waals surface area contributed by atoms with Gasteiger partial charge in [-0.1, -0.05) is 0 Å². The van der Waals surface area contributed by atoms with Crippen molar-refractivity contribution in [1.82, 2.24) is 10.1 Å². The van der Waals surface area contributed by atoms with Gasteiger partial charge in [-0.2, -0.15) is 10.1 Å². The molecule has 1 aliphatic heterocycles. The van der Waals surface area contributed by atoms with Gasteiger partial charge in [0.05, 0.1) is 0 Å². The van der Waals surface area contributed by atoms with E-state index in [0.717, 1.165) is 0 Å². The summed E-state index contributed by atoms with van der Waals surface area (Å²) in [5.41, 5.74) is 15.4. The average Bonchev–Trinajstić information content (AvgIpc) is 2.08. The molecule has 0 aromatic rings. The quantitative estimate of drug-likeness (QED) is 0.249. The second kappa shape index (κ2) is 2.36. The molecule has 8 nitrogen and oxygen atoms in total. The van der Waals surface area contributed by atoms with Crippen LogP contribution in [-0.4, -0.2) is 25.6 Å². The third-order valence-corrected chi connectivity index (χ3v) is 1.38. The van der Waals surface area contributed by atoms with Crippen LogP contribution < -0.4 is 17.2 Å². The second-order valence-corrected chi connectivity index (χ2v) is 2.10. The fourth-order valence-corrected chi connectivity index (χ4v) is 0.664. The zero-order valence-corrected chi connectivity index (χ0v) is 5.97. The minimum Gasteiger partial charge on any atom is -0.490 e. The molecule has 0 unspecified atom stereocenters. The maximum absolute atomic E-state index is 8.99. The molecule has 0 aromatic carbocycles. The zero-order valence-electron chi connectivity index (χ0n) is 5.97. The normalized spacial score (nSPS) is 19.2. The van der Waals surface area contributed by atoms with Crippen LogP contribution in [0.25, 0.3) is 0 Å². The first kappa shape index (κ1) is 8.30. The minimum atomic E-state index is -0.788. The summed E-state index contributed by atoms with van der Waals surface area (Å²) in [6.07, 6.45) is 0. The standard InChI is InChI=1S/C4H9N5O3/c5-1-2(6)9(12)4(10)3(7)8(1)11/h10-12H,5-7H2. The molecule has 9 N–H and O–H groups in total. The summed E-state index contributed by atoms with van der Waals surface area (Å²) in [6, 6.07) is 0. The van der Waals surface area contributed by atoms with Crippen molar-refractivity contribution in [3.63, 3.8) is 0 Å². The summed E-state index contributed by atoms with van der Waals surface area (Å²) in [5.74, 6) is -2.08. The molecule has 12 heavy (non-hydrogen) atoms. The molecule has 0 saturated heterocycles. The largest absolute Gasteiger partial charge is 0.490 e. The molecule has 1 rings (SSSR count). The number of nitrogens with two attached hydrogens (primary N) is 3. The fraction of sp³-hybridized carbons (Fsp3) is 0. The third-order valence-electron chi connectivity index (χ3n) is 1.38. The summed E-state index contributed by atoms with van der Waals surface area (Å²) in [4.78, 5) is 0. The Morgan fingerprint density at radius 1 is 0.833 bits per heavy atom. The second-order valence-electron chi connectivity index (χ2n) is 2.10. The van der Waals surface area contributed by atoms with Crippen molar-refractivity contribution in [2.24, 2.45) is 17.2 Å². The lowest BCUT2D eigenvalue weighted by molar-refractivity contribution is -0.108. The lowest BCUT2D eigenvalue weighted by Gasteiger charge is -2.28. The molecule has 0 radical (unpaired) electrons. The van der Waals surface area contributed by atoms with Gasteiger partial charge in [0.1, 0.15) is 0 Å². The van der Waals surface area contributed by atoms with Crippen LogP contribution in [0.2, 0.25) is 0 Å². The molecule has 68 valence electrons. The van der Waals surface area contributed by atoms with Gasteiger partial charge in [-0.05, 0) is 0 Å². The Balaban J connectivity index is 3.13. The van der Waals surface area contributed by atoms with Gasteiger partial charge in [0.15, 0.2) is 17.5 Å². The Kier molecular flexibility index (Phi) is 1.63. The van der Waals surface area contributed by atoms with E-state index < -0.39 is 17.5 Å². The summed E-state index contributed by atoms with van der Waals surface area (Å²) in [7, 11) is 0. The van der Waals surface area contributed by atoms with Crippen molar-refractivity contribution in [3.8, 4) is 0 Å². The summed E-state index contributed by atoms with van der Waals surface area (Å²) < 4.78 is 0. The van der Waals surface area contributed by atoms with Crippen LogP contribution in [0, 0.1) is 0 Å². The first-order valence-electron chi connectivity index (χ1n) is 2.88. The Bertz CT molecular complexity index is 220. The van der Waals surface area contributed by atoms with Crippen molar-refractivity contribution in [2.45, 2.75) is 0 Å². The predicted octanol–water partition coefficient (Wildman–Crippen LogP) is -1.93. The van der Waals surface area contributed by atoms with E-state index >= 15 is 0 Å². The molecule has 8 heteroatoms. The maximum atomic E-state index is 8.99. The third kappa shape index (κ3) is 0.863. The van der Waals surface area contributed by atoms with Gasteiger partial charge in [-0.3, -0.25) is 10.4 Å². The van der Waals surface area contributed by atoms with E-state index in [0.29, 0.717) is 0 Å². The molecular weight excluding hydrogens is 166 g/mol. The summed E-state index contributed by atoms with van der Waals surface area (Å²) in [6.45, 7) is 0. The van der Waals surface area contributed by atoms with Gasteiger partial charge < -0.3 is 22.3 Å². The van der Waals surface area contributed by atoms with Gasteiger partial charge >= 0.3 is 0 Å². The van der Waals surface area contributed by atoms with Gasteiger partial charge in [0.25, 0.3) is 5.88 Å². The predicted molar refractivity (Wildman–Crippen MR) is 36.5 cm³/mol. The van der Waals surface area contributed by atoms with Crippen LogP contribution in [0.5, 0.6) is 0 Å². The van der Waals surface area contributed by atoms with Gasteiger partial charge in [0.2, 0.25) is 0 Å². The van der Waals surface area contributed by atoms with Gasteiger partial charge in [-0.15, -0.1) is 0 Å². The summed E-state index contributed by atoms with van der Waals surface area (Å²) >= 11 is 0. The highest BCUT2D eigenvalue weighted by Crippen LogP contribution is 2.17. The number of hydrogen-bond donors (Lipinski definition) is 6. The molecule has 0 atom stereocenters. The Hall–Kier alpha value is -1.80. The minimum absolute atomic E-state index is 0.164. The first-order chi connectivity index (χ1) is 5.46. The number of hydroxylamine groups is 4.